The smallest absolute Gasteiger partial charge is 0.388 e. The summed E-state index contributed by atoms with van der Waals surface area (Å²) >= 11 is 6.22. The SMILES string of the molecule is Cc1c(OC(F)(F)F)ncc(Br)c1Br. The molecule has 0 saturated carbocycles. The van der Waals surface area contributed by atoms with Gasteiger partial charge in [-0.1, -0.05) is 0 Å². The van der Waals surface area contributed by atoms with Crippen molar-refractivity contribution in [1.29, 1.82) is 0 Å². The molecular weight excluding hydrogens is 331 g/mol. The lowest BCUT2D eigenvalue weighted by atomic mass is 10.3. The van der Waals surface area contributed by atoms with Crippen LogP contribution in [-0.2, 0) is 0 Å². The molecule has 0 amide bonds. The summed E-state index contributed by atoms with van der Waals surface area (Å²) in [5.74, 6) is -0.451. The number of rotatable bonds is 1. The molecule has 0 unspecified atom stereocenters. The first-order valence-electron chi connectivity index (χ1n) is 3.37. The molecular formula is C7H4Br2F3NO. The molecule has 0 atom stereocenters. The van der Waals surface area contributed by atoms with Crippen LogP contribution in [0.1, 0.15) is 5.56 Å². The van der Waals surface area contributed by atoms with E-state index < -0.39 is 12.2 Å². The molecule has 2 nitrogen and oxygen atoms in total. The van der Waals surface area contributed by atoms with Crippen molar-refractivity contribution in [3.63, 3.8) is 0 Å². The molecule has 7 heteroatoms. The minimum Gasteiger partial charge on any atom is -0.388 e. The fraction of sp³-hybridized carbons (Fsp3) is 0.286. The number of hydrogen-bond acceptors (Lipinski definition) is 2. The Morgan fingerprint density at radius 2 is 1.93 bits per heavy atom. The Balaban J connectivity index is 3.06. The summed E-state index contributed by atoms with van der Waals surface area (Å²) in [6.45, 7) is 1.48. The maximum Gasteiger partial charge on any atom is 0.574 e. The summed E-state index contributed by atoms with van der Waals surface area (Å²) in [4.78, 5) is 3.50. The van der Waals surface area contributed by atoms with Crippen molar-refractivity contribution in [3.8, 4) is 5.88 Å². The molecule has 0 spiro atoms. The number of pyridine rings is 1. The number of ether oxygens (including phenoxy) is 1. The molecule has 0 bridgehead atoms. The van der Waals surface area contributed by atoms with E-state index in [1.54, 1.807) is 0 Å². The summed E-state index contributed by atoms with van der Waals surface area (Å²) in [6, 6.07) is 0. The van der Waals surface area contributed by atoms with Gasteiger partial charge in [0.2, 0.25) is 5.88 Å². The third kappa shape index (κ3) is 2.84. The van der Waals surface area contributed by atoms with E-state index in [0.29, 0.717) is 8.95 Å². The van der Waals surface area contributed by atoms with E-state index in [4.69, 9.17) is 0 Å². The van der Waals surface area contributed by atoms with Gasteiger partial charge in [-0.2, -0.15) is 0 Å². The van der Waals surface area contributed by atoms with E-state index in [9.17, 15) is 13.2 Å². The second-order valence-electron chi connectivity index (χ2n) is 2.40. The summed E-state index contributed by atoms with van der Waals surface area (Å²) in [6.07, 6.45) is -3.48. The highest BCUT2D eigenvalue weighted by molar-refractivity contribution is 9.13. The summed E-state index contributed by atoms with van der Waals surface area (Å²) in [5, 5.41) is 0. The number of aromatic nitrogens is 1. The molecule has 0 N–H and O–H groups in total. The molecule has 0 aliphatic carbocycles. The van der Waals surface area contributed by atoms with Crippen LogP contribution < -0.4 is 4.74 Å². The second kappa shape index (κ2) is 4.06. The first-order valence-corrected chi connectivity index (χ1v) is 4.96. The van der Waals surface area contributed by atoms with E-state index in [1.165, 1.54) is 13.1 Å². The Kier molecular flexibility index (Phi) is 3.41. The van der Waals surface area contributed by atoms with Crippen molar-refractivity contribution in [2.24, 2.45) is 0 Å². The topological polar surface area (TPSA) is 22.1 Å². The zero-order valence-corrected chi connectivity index (χ0v) is 9.99. The van der Waals surface area contributed by atoms with Gasteiger partial charge in [0.05, 0.1) is 4.47 Å². The normalized spacial score (nSPS) is 11.6. The van der Waals surface area contributed by atoms with Crippen LogP contribution in [0.4, 0.5) is 13.2 Å². The lowest BCUT2D eigenvalue weighted by Crippen LogP contribution is -2.18. The van der Waals surface area contributed by atoms with Crippen LogP contribution in [-0.4, -0.2) is 11.3 Å². The van der Waals surface area contributed by atoms with Crippen LogP contribution in [0.2, 0.25) is 0 Å². The van der Waals surface area contributed by atoms with Crippen molar-refractivity contribution in [2.75, 3.05) is 0 Å². The zero-order chi connectivity index (χ0) is 10.9. The third-order valence-electron chi connectivity index (χ3n) is 1.37. The largest absolute Gasteiger partial charge is 0.574 e. The Morgan fingerprint density at radius 3 is 2.43 bits per heavy atom. The van der Waals surface area contributed by atoms with Gasteiger partial charge in [0.1, 0.15) is 0 Å². The first-order chi connectivity index (χ1) is 6.31. The minimum atomic E-state index is -4.72. The minimum absolute atomic E-state index is 0.289. The van der Waals surface area contributed by atoms with Crippen molar-refractivity contribution in [1.82, 2.24) is 4.98 Å². The quantitative estimate of drug-likeness (QED) is 0.779. The molecule has 14 heavy (non-hydrogen) atoms. The number of alkyl halides is 3. The van der Waals surface area contributed by atoms with Crippen molar-refractivity contribution in [2.45, 2.75) is 13.3 Å². The van der Waals surface area contributed by atoms with E-state index >= 15 is 0 Å². The maximum atomic E-state index is 11.9. The summed E-state index contributed by atoms with van der Waals surface area (Å²) in [5.41, 5.74) is 0.289. The van der Waals surface area contributed by atoms with E-state index in [2.05, 4.69) is 41.6 Å². The van der Waals surface area contributed by atoms with Crippen LogP contribution >= 0.6 is 31.9 Å². The Labute approximate surface area is 94.7 Å². The van der Waals surface area contributed by atoms with Gasteiger partial charge in [-0.25, -0.2) is 4.98 Å². The van der Waals surface area contributed by atoms with Gasteiger partial charge in [0, 0.05) is 16.2 Å². The summed E-state index contributed by atoms with van der Waals surface area (Å²) < 4.78 is 40.4. The van der Waals surface area contributed by atoms with Gasteiger partial charge in [-0.3, -0.25) is 0 Å². The highest BCUT2D eigenvalue weighted by Gasteiger charge is 2.32. The van der Waals surface area contributed by atoms with Gasteiger partial charge in [0.15, 0.2) is 0 Å². The van der Waals surface area contributed by atoms with Crippen molar-refractivity contribution in [3.05, 3.63) is 20.7 Å². The number of nitrogens with zero attached hydrogens (tertiary/aromatic N) is 1. The molecule has 0 aliphatic rings. The van der Waals surface area contributed by atoms with Gasteiger partial charge in [-0.15, -0.1) is 13.2 Å². The molecule has 1 rings (SSSR count). The zero-order valence-electron chi connectivity index (χ0n) is 6.82. The lowest BCUT2D eigenvalue weighted by molar-refractivity contribution is -0.276. The van der Waals surface area contributed by atoms with Crippen molar-refractivity contribution < 1.29 is 17.9 Å². The highest BCUT2D eigenvalue weighted by Crippen LogP contribution is 2.33. The average molecular weight is 335 g/mol. The molecule has 0 radical (unpaired) electrons. The Morgan fingerprint density at radius 1 is 1.36 bits per heavy atom. The van der Waals surface area contributed by atoms with Crippen LogP contribution in [0.15, 0.2) is 15.1 Å². The predicted octanol–water partition coefficient (Wildman–Crippen LogP) is 3.81. The predicted molar refractivity (Wildman–Crippen MR) is 51.1 cm³/mol. The number of halogens is 5. The highest BCUT2D eigenvalue weighted by atomic mass is 79.9. The molecule has 0 fully saturated rings. The van der Waals surface area contributed by atoms with E-state index in [-0.39, 0.29) is 5.56 Å². The van der Waals surface area contributed by atoms with Crippen LogP contribution in [0.3, 0.4) is 0 Å². The fourth-order valence-electron chi connectivity index (χ4n) is 0.754. The van der Waals surface area contributed by atoms with E-state index in [0.717, 1.165) is 0 Å². The van der Waals surface area contributed by atoms with Gasteiger partial charge in [0.25, 0.3) is 0 Å². The average Bonchev–Trinajstić information content (AvgIpc) is 2.04. The monoisotopic (exact) mass is 333 g/mol. The molecule has 0 saturated heterocycles. The van der Waals surface area contributed by atoms with E-state index in [1.807, 2.05) is 0 Å². The second-order valence-corrected chi connectivity index (χ2v) is 4.05. The Bertz CT molecular complexity index is 354. The lowest BCUT2D eigenvalue weighted by Gasteiger charge is -2.11. The Hall–Kier alpha value is -0.300. The standard InChI is InChI=1S/C7H4Br2F3NO/c1-3-5(9)4(8)2-13-6(3)14-7(10,11)12/h2H,1H3. The van der Waals surface area contributed by atoms with Crippen LogP contribution in [0, 0.1) is 6.92 Å². The number of hydrogen-bond donors (Lipinski definition) is 0. The molecule has 1 aromatic rings. The van der Waals surface area contributed by atoms with Crippen LogP contribution in [0.5, 0.6) is 5.88 Å². The van der Waals surface area contributed by atoms with Gasteiger partial charge in [-0.05, 0) is 38.8 Å². The molecule has 1 heterocycles. The van der Waals surface area contributed by atoms with Crippen molar-refractivity contribution >= 4 is 31.9 Å². The fourth-order valence-corrected chi connectivity index (χ4v) is 1.43. The molecule has 0 aromatic carbocycles. The third-order valence-corrected chi connectivity index (χ3v) is 3.52. The first kappa shape index (κ1) is 11.8. The maximum absolute atomic E-state index is 11.9. The molecule has 1 aromatic heterocycles. The van der Waals surface area contributed by atoms with Gasteiger partial charge < -0.3 is 4.74 Å². The molecule has 0 aliphatic heterocycles. The van der Waals surface area contributed by atoms with Gasteiger partial charge >= 0.3 is 6.36 Å². The molecule has 78 valence electrons. The summed E-state index contributed by atoms with van der Waals surface area (Å²) in [7, 11) is 0. The van der Waals surface area contributed by atoms with Crippen LogP contribution in [0.25, 0.3) is 0 Å².